The van der Waals surface area contributed by atoms with E-state index in [0.29, 0.717) is 0 Å². The summed E-state index contributed by atoms with van der Waals surface area (Å²) >= 11 is 0. The van der Waals surface area contributed by atoms with Crippen molar-refractivity contribution in [2.45, 2.75) is 267 Å². The van der Waals surface area contributed by atoms with E-state index in [-0.39, 0.29) is 6.29 Å². The monoisotopic (exact) mass is 1360 g/mol. The molecule has 39 atom stereocenters. The van der Waals surface area contributed by atoms with Gasteiger partial charge in [0.2, 0.25) is 11.8 Å². The first-order valence-electron chi connectivity index (χ1n) is 29.6. The molecule has 0 aliphatic carbocycles. The maximum Gasteiger partial charge on any atom is 0.217 e. The summed E-state index contributed by atoms with van der Waals surface area (Å²) < 4.78 is 83.3. The summed E-state index contributed by atoms with van der Waals surface area (Å²) in [5, 5.41) is 243. The summed E-state index contributed by atoms with van der Waals surface area (Å²) in [5.41, 5.74) is 0. The third-order valence-electron chi connectivity index (χ3n) is 16.9. The Hall–Kier alpha value is -2.83. The fourth-order valence-electron chi connectivity index (χ4n) is 11.6. The molecule has 7 heterocycles. The molecule has 0 aromatic rings. The minimum absolute atomic E-state index is 0.206. The summed E-state index contributed by atoms with van der Waals surface area (Å²) in [7, 11) is 0. The van der Waals surface area contributed by atoms with Crippen LogP contribution in [0.4, 0.5) is 0 Å². The fourth-order valence-corrected chi connectivity index (χ4v) is 11.6. The number of hydrogen-bond donors (Lipinski definition) is 24. The zero-order chi connectivity index (χ0) is 68.9. The van der Waals surface area contributed by atoms with E-state index in [1.807, 2.05) is 0 Å². The quantitative estimate of drug-likeness (QED) is 0.0358. The van der Waals surface area contributed by atoms with E-state index in [1.165, 1.54) is 13.8 Å². The van der Waals surface area contributed by atoms with Gasteiger partial charge in [0.15, 0.2) is 50.3 Å². The Morgan fingerprint density at radius 2 is 0.763 bits per heavy atom. The van der Waals surface area contributed by atoms with Gasteiger partial charge in [0.25, 0.3) is 0 Å². The lowest BCUT2D eigenvalue weighted by Crippen LogP contribution is -2.71. The number of rotatable bonds is 26. The van der Waals surface area contributed by atoms with E-state index in [2.05, 4.69) is 10.6 Å². The average Bonchev–Trinajstić information content (AvgIpc) is 0.808. The van der Waals surface area contributed by atoms with Crippen LogP contribution < -0.4 is 10.6 Å². The number of aliphatic hydroxyl groups excluding tert-OH is 22. The summed E-state index contributed by atoms with van der Waals surface area (Å²) in [5.74, 6) is -1.92. The van der Waals surface area contributed by atoms with Gasteiger partial charge < -0.3 is 194 Å². The summed E-state index contributed by atoms with van der Waals surface area (Å²) in [4.78, 5) is 38.2. The number of carbonyl (C=O) groups excluding carboxylic acids is 3. The highest BCUT2D eigenvalue weighted by atomic mass is 16.8. The molecular formula is C52H88N2O39. The number of amides is 2. The summed E-state index contributed by atoms with van der Waals surface area (Å²) in [6.07, 6.45) is -75.5. The predicted molar refractivity (Wildman–Crippen MR) is 286 cm³/mol. The predicted octanol–water partition coefficient (Wildman–Crippen LogP) is -16.3. The second-order valence-electron chi connectivity index (χ2n) is 23.5. The van der Waals surface area contributed by atoms with Gasteiger partial charge in [0, 0.05) is 13.8 Å². The largest absolute Gasteiger partial charge is 0.394 e. The third-order valence-corrected chi connectivity index (χ3v) is 16.9. The van der Waals surface area contributed by atoms with Crippen LogP contribution in [0.5, 0.6) is 0 Å². The first kappa shape index (κ1) is 77.5. The standard InChI is InChI=1S/C52H88N2O39/c1-12-25(65)31(71)35(75)48(81-12)91-43-23(53-14(3)61)46(85-20(9-59)41(43)89-50-37(77)33(73)28(68)18(7-57)83-50)80-11-22-30(70)45(39(79)52(87-22)88-40(17(64)6-56)27(67)16(63)5-55)93-47-24(54-15(4)62)44(92-49-36(76)32(72)26(66)13(2)82-49)42(21(10-60)86-47)90-51-38(78)34(74)29(69)19(8-58)84-51/h5,12-13,16-52,56-60,63-79H,6-11H2,1-4H3,(H,53,61)(H,54,62)/t12-,13-,16-,17+,18+,19+,20+,21+,22+,23+,24+,25+,26+,27+,28-,29-,30-,31+,32+,33-,34-,35-,36-,37+,38+,39+,40+,41+,42+,43+,44+,45-,46+,47-,48-,49-,50-,51-,52-/m0/s1. The van der Waals surface area contributed by atoms with E-state index < -0.39 is 291 Å². The van der Waals surface area contributed by atoms with Crippen LogP contribution >= 0.6 is 0 Å². The van der Waals surface area contributed by atoms with Gasteiger partial charge in [-0.2, -0.15) is 0 Å². The Kier molecular flexibility index (Phi) is 28.2. The Labute approximate surface area is 527 Å². The maximum atomic E-state index is 13.3. The first-order valence-corrected chi connectivity index (χ1v) is 29.6. The van der Waals surface area contributed by atoms with E-state index in [9.17, 15) is 127 Å². The molecule has 7 aliphatic heterocycles. The molecule has 0 unspecified atom stereocenters. The van der Waals surface area contributed by atoms with Crippen molar-refractivity contribution in [3.8, 4) is 0 Å². The average molecular weight is 1370 g/mol. The van der Waals surface area contributed by atoms with E-state index in [0.717, 1.165) is 13.8 Å². The van der Waals surface area contributed by atoms with Gasteiger partial charge in [0.1, 0.15) is 183 Å². The zero-order valence-electron chi connectivity index (χ0n) is 50.1. The number of carbonyl (C=O) groups is 3. The van der Waals surface area contributed by atoms with E-state index in [4.69, 9.17) is 66.3 Å². The van der Waals surface area contributed by atoms with Crippen LogP contribution in [0.2, 0.25) is 0 Å². The van der Waals surface area contributed by atoms with Gasteiger partial charge in [-0.3, -0.25) is 9.59 Å². The van der Waals surface area contributed by atoms with Crippen LogP contribution in [0.3, 0.4) is 0 Å². The van der Waals surface area contributed by atoms with Gasteiger partial charge in [-0.25, -0.2) is 0 Å². The lowest BCUT2D eigenvalue weighted by atomic mass is 9.93. The van der Waals surface area contributed by atoms with Crippen LogP contribution in [0.15, 0.2) is 0 Å². The molecule has 0 saturated carbocycles. The van der Waals surface area contributed by atoms with Crippen LogP contribution in [-0.4, -0.2) is 409 Å². The molecule has 7 saturated heterocycles. The molecule has 24 N–H and O–H groups in total. The molecule has 0 aromatic carbocycles. The van der Waals surface area contributed by atoms with Crippen LogP contribution in [0.25, 0.3) is 0 Å². The van der Waals surface area contributed by atoms with E-state index in [1.54, 1.807) is 0 Å². The number of ether oxygens (including phenoxy) is 14. The van der Waals surface area contributed by atoms with Crippen molar-refractivity contribution in [2.24, 2.45) is 0 Å². The SMILES string of the molecule is CC(=O)N[C@H]1[C@H](OC[C@H]2O[C@@H](O[C@@H]([C@H](O)[C@@H](O)C=O)[C@H](O)CO)[C@H](O)[C@@H](O[C@@H]3O[C@H](CO)[C@@H](O[C@@H]4O[C@H](CO)[C@H](O)[C@H](O)[C@H]4O)[C@H](O[C@@H]4O[C@@H](C)[C@@H](O)[C@@H](O)[C@@H]4O)[C@H]3NC(C)=O)[C@H]2O)O[C@H](CO)[C@@H](O[C@@H]2O[C@H](CO)[C@H](O)[C@H](O)[C@H]2O)[C@@H]1O[C@@H]1O[C@@H](C)[C@@H](O)[C@@H](O)[C@@H]1O. The third kappa shape index (κ3) is 17.3. The zero-order valence-corrected chi connectivity index (χ0v) is 50.1. The number of hydrogen-bond acceptors (Lipinski definition) is 39. The molecular weight excluding hydrogens is 1280 g/mol. The highest BCUT2D eigenvalue weighted by Gasteiger charge is 2.60. The lowest BCUT2D eigenvalue weighted by Gasteiger charge is -2.52. The van der Waals surface area contributed by atoms with Crippen LogP contribution in [0, 0.1) is 0 Å². The minimum atomic E-state index is -2.52. The van der Waals surface area contributed by atoms with Crippen molar-refractivity contribution in [3.05, 3.63) is 0 Å². The number of nitrogens with one attached hydrogen (secondary N) is 2. The lowest BCUT2D eigenvalue weighted by molar-refractivity contribution is -0.391. The Morgan fingerprint density at radius 3 is 1.16 bits per heavy atom. The molecule has 0 aromatic heterocycles. The molecule has 7 rings (SSSR count). The highest BCUT2D eigenvalue weighted by Crippen LogP contribution is 2.39. The molecule has 41 heteroatoms. The molecule has 93 heavy (non-hydrogen) atoms. The van der Waals surface area contributed by atoms with Crippen molar-refractivity contribution in [1.29, 1.82) is 0 Å². The number of aliphatic hydroxyl groups is 22. The molecule has 0 spiro atoms. The van der Waals surface area contributed by atoms with Crippen LogP contribution in [0.1, 0.15) is 27.7 Å². The molecule has 7 fully saturated rings. The van der Waals surface area contributed by atoms with Crippen molar-refractivity contribution in [1.82, 2.24) is 10.6 Å². The second-order valence-corrected chi connectivity index (χ2v) is 23.5. The number of aldehydes is 1. The first-order chi connectivity index (χ1) is 43.9. The van der Waals surface area contributed by atoms with Gasteiger partial charge in [-0.05, 0) is 13.8 Å². The van der Waals surface area contributed by atoms with Gasteiger partial charge in [-0.1, -0.05) is 0 Å². The Balaban J connectivity index is 1.29. The molecule has 2 amide bonds. The van der Waals surface area contributed by atoms with Crippen LogP contribution in [-0.2, 0) is 80.7 Å². The van der Waals surface area contributed by atoms with Crippen molar-refractivity contribution >= 4 is 18.1 Å². The second kappa shape index (κ2) is 33.8. The summed E-state index contributed by atoms with van der Waals surface area (Å²) in [6.45, 7) is -2.30. The fraction of sp³-hybridized carbons (Fsp3) is 0.942. The molecule has 7 aliphatic rings. The summed E-state index contributed by atoms with van der Waals surface area (Å²) in [6, 6.07) is -3.87. The smallest absolute Gasteiger partial charge is 0.217 e. The van der Waals surface area contributed by atoms with Crippen molar-refractivity contribution in [3.63, 3.8) is 0 Å². The van der Waals surface area contributed by atoms with Gasteiger partial charge >= 0.3 is 0 Å². The maximum absolute atomic E-state index is 13.3. The topological polar surface area (TPSA) is 650 Å². The minimum Gasteiger partial charge on any atom is -0.394 e. The molecule has 540 valence electrons. The van der Waals surface area contributed by atoms with E-state index >= 15 is 0 Å². The Morgan fingerprint density at radius 1 is 0.409 bits per heavy atom. The highest BCUT2D eigenvalue weighted by molar-refractivity contribution is 5.73. The van der Waals surface area contributed by atoms with Gasteiger partial charge in [0.05, 0.1) is 51.8 Å². The van der Waals surface area contributed by atoms with Crippen molar-refractivity contribution < 1.29 is 193 Å². The Bertz CT molecular complexity index is 2330. The van der Waals surface area contributed by atoms with Crippen molar-refractivity contribution in [2.75, 3.05) is 39.6 Å². The van der Waals surface area contributed by atoms with Gasteiger partial charge in [-0.15, -0.1) is 0 Å². The molecule has 41 nitrogen and oxygen atoms in total. The molecule has 0 radical (unpaired) electrons. The normalized spacial score (nSPS) is 48.0. The molecule has 0 bridgehead atoms.